The predicted molar refractivity (Wildman–Crippen MR) is 103 cm³/mol. The van der Waals surface area contributed by atoms with E-state index in [-0.39, 0.29) is 5.91 Å². The monoisotopic (exact) mass is 404 g/mol. The summed E-state index contributed by atoms with van der Waals surface area (Å²) in [7, 11) is 1.91. The summed E-state index contributed by atoms with van der Waals surface area (Å²) in [5.41, 5.74) is 1.35. The first kappa shape index (κ1) is 19.4. The summed E-state index contributed by atoms with van der Waals surface area (Å²) in [4.78, 5) is 14.1. The maximum Gasteiger partial charge on any atom is 0.225 e. The Morgan fingerprint density at radius 2 is 1.58 bits per heavy atom. The zero-order valence-electron chi connectivity index (χ0n) is 13.0. The van der Waals surface area contributed by atoms with E-state index in [0.29, 0.717) is 45.3 Å². The molecule has 3 nitrogen and oxygen atoms in total. The number of para-hydroxylation sites is 1. The maximum absolute atomic E-state index is 12.1. The first-order valence-corrected chi connectivity index (χ1v) is 8.75. The van der Waals surface area contributed by atoms with Crippen molar-refractivity contribution >= 4 is 58.0 Å². The fraction of sp³-hybridized carbons (Fsp3) is 0.235. The third-order valence-electron chi connectivity index (χ3n) is 3.42. The summed E-state index contributed by atoms with van der Waals surface area (Å²) < 4.78 is 0. The van der Waals surface area contributed by atoms with Crippen LogP contribution in [0.3, 0.4) is 0 Å². The van der Waals surface area contributed by atoms with Crippen molar-refractivity contribution in [3.63, 3.8) is 0 Å². The molecule has 0 radical (unpaired) electrons. The Morgan fingerprint density at radius 1 is 1.00 bits per heavy atom. The van der Waals surface area contributed by atoms with Crippen molar-refractivity contribution in [2.45, 2.75) is 13.0 Å². The van der Waals surface area contributed by atoms with Crippen LogP contribution >= 0.6 is 46.4 Å². The minimum Gasteiger partial charge on any atom is -0.324 e. The Labute approximate surface area is 161 Å². The number of carbonyl (C=O) groups excluding carboxylic acids is 1. The van der Waals surface area contributed by atoms with Crippen LogP contribution in [0.5, 0.6) is 0 Å². The van der Waals surface area contributed by atoms with Crippen molar-refractivity contribution in [2.24, 2.45) is 0 Å². The molecule has 0 heterocycles. The Bertz CT molecular complexity index is 716. The molecule has 0 saturated heterocycles. The third-order valence-corrected chi connectivity index (χ3v) is 4.91. The number of carbonyl (C=O) groups is 1. The van der Waals surface area contributed by atoms with Crippen LogP contribution in [0, 0.1) is 0 Å². The Balaban J connectivity index is 1.88. The normalized spacial score (nSPS) is 10.9. The number of anilines is 1. The topological polar surface area (TPSA) is 32.3 Å². The summed E-state index contributed by atoms with van der Waals surface area (Å²) in [5, 5.41) is 4.63. The molecule has 2 rings (SSSR count). The van der Waals surface area contributed by atoms with E-state index in [4.69, 9.17) is 46.4 Å². The van der Waals surface area contributed by atoms with Gasteiger partial charge in [0, 0.05) is 19.5 Å². The minimum atomic E-state index is -0.158. The van der Waals surface area contributed by atoms with Gasteiger partial charge in [-0.15, -0.1) is 0 Å². The number of hydrogen-bond acceptors (Lipinski definition) is 2. The van der Waals surface area contributed by atoms with E-state index in [2.05, 4.69) is 5.32 Å². The standard InChI is InChI=1S/C17H16Cl4N2O/c1-23(10-11-4-2-5-12(18)16(11)21)9-8-15(24)22-17-13(19)6-3-7-14(17)20/h2-7H,8-10H2,1H3,(H,22,24). The highest BCUT2D eigenvalue weighted by molar-refractivity contribution is 6.42. The van der Waals surface area contributed by atoms with Crippen molar-refractivity contribution in [3.05, 3.63) is 62.1 Å². The average Bonchev–Trinajstić information content (AvgIpc) is 2.53. The second kappa shape index (κ2) is 8.93. The van der Waals surface area contributed by atoms with E-state index in [1.165, 1.54) is 0 Å². The van der Waals surface area contributed by atoms with Crippen LogP contribution < -0.4 is 5.32 Å². The van der Waals surface area contributed by atoms with Gasteiger partial charge >= 0.3 is 0 Å². The lowest BCUT2D eigenvalue weighted by Crippen LogP contribution is -2.24. The van der Waals surface area contributed by atoms with Crippen LogP contribution in [-0.4, -0.2) is 24.4 Å². The van der Waals surface area contributed by atoms with Gasteiger partial charge in [-0.05, 0) is 30.8 Å². The molecule has 0 aliphatic rings. The van der Waals surface area contributed by atoms with Gasteiger partial charge in [0.2, 0.25) is 5.91 Å². The molecule has 0 fully saturated rings. The van der Waals surface area contributed by atoms with Crippen LogP contribution in [-0.2, 0) is 11.3 Å². The van der Waals surface area contributed by atoms with Crippen LogP contribution in [0.1, 0.15) is 12.0 Å². The van der Waals surface area contributed by atoms with Crippen LogP contribution in [0.15, 0.2) is 36.4 Å². The zero-order chi connectivity index (χ0) is 17.7. The SMILES string of the molecule is CN(CCC(=O)Nc1c(Cl)cccc1Cl)Cc1cccc(Cl)c1Cl. The molecule has 0 unspecified atom stereocenters. The van der Waals surface area contributed by atoms with Gasteiger partial charge in [-0.1, -0.05) is 64.6 Å². The van der Waals surface area contributed by atoms with E-state index in [1.54, 1.807) is 24.3 Å². The first-order valence-electron chi connectivity index (χ1n) is 7.23. The highest BCUT2D eigenvalue weighted by atomic mass is 35.5. The van der Waals surface area contributed by atoms with Gasteiger partial charge in [-0.25, -0.2) is 0 Å². The molecule has 24 heavy (non-hydrogen) atoms. The van der Waals surface area contributed by atoms with E-state index in [9.17, 15) is 4.79 Å². The second-order valence-electron chi connectivity index (χ2n) is 5.35. The molecule has 0 aliphatic carbocycles. The van der Waals surface area contributed by atoms with Gasteiger partial charge in [0.1, 0.15) is 0 Å². The first-order chi connectivity index (χ1) is 11.4. The van der Waals surface area contributed by atoms with Gasteiger partial charge in [-0.2, -0.15) is 0 Å². The quantitative estimate of drug-likeness (QED) is 0.662. The molecule has 128 valence electrons. The van der Waals surface area contributed by atoms with Crippen molar-refractivity contribution in [1.82, 2.24) is 4.90 Å². The third kappa shape index (κ3) is 5.27. The maximum atomic E-state index is 12.1. The molecule has 2 aromatic carbocycles. The summed E-state index contributed by atoms with van der Waals surface area (Å²) in [6, 6.07) is 10.6. The molecule has 0 saturated carbocycles. The molecule has 0 aliphatic heterocycles. The summed E-state index contributed by atoms with van der Waals surface area (Å²) in [5.74, 6) is -0.158. The lowest BCUT2D eigenvalue weighted by molar-refractivity contribution is -0.116. The highest BCUT2D eigenvalue weighted by Crippen LogP contribution is 2.30. The van der Waals surface area contributed by atoms with E-state index in [1.807, 2.05) is 24.1 Å². The van der Waals surface area contributed by atoms with Crippen LogP contribution in [0.25, 0.3) is 0 Å². The molecule has 0 spiro atoms. The van der Waals surface area contributed by atoms with Gasteiger partial charge in [0.15, 0.2) is 0 Å². The van der Waals surface area contributed by atoms with E-state index >= 15 is 0 Å². The predicted octanol–water partition coefficient (Wildman–Crippen LogP) is 5.76. The zero-order valence-corrected chi connectivity index (χ0v) is 16.0. The van der Waals surface area contributed by atoms with E-state index in [0.717, 1.165) is 5.56 Å². The van der Waals surface area contributed by atoms with Crippen molar-refractivity contribution in [1.29, 1.82) is 0 Å². The lowest BCUT2D eigenvalue weighted by Gasteiger charge is -2.18. The molecule has 0 atom stereocenters. The summed E-state index contributed by atoms with van der Waals surface area (Å²) in [6.07, 6.45) is 0.302. The second-order valence-corrected chi connectivity index (χ2v) is 6.95. The number of halogens is 4. The number of amides is 1. The van der Waals surface area contributed by atoms with Crippen LogP contribution in [0.2, 0.25) is 20.1 Å². The fourth-order valence-electron chi connectivity index (χ4n) is 2.15. The molecule has 1 amide bonds. The molecule has 1 N–H and O–H groups in total. The highest BCUT2D eigenvalue weighted by Gasteiger charge is 2.12. The van der Waals surface area contributed by atoms with Crippen molar-refractivity contribution in [3.8, 4) is 0 Å². The summed E-state index contributed by atoms with van der Waals surface area (Å²) >= 11 is 24.3. The Kier molecular flexibility index (Phi) is 7.20. The lowest BCUT2D eigenvalue weighted by atomic mass is 10.2. The molecule has 7 heteroatoms. The summed E-state index contributed by atoms with van der Waals surface area (Å²) in [6.45, 7) is 1.15. The number of rotatable bonds is 6. The van der Waals surface area contributed by atoms with Gasteiger partial charge in [0.25, 0.3) is 0 Å². The molecular formula is C17H16Cl4N2O. The van der Waals surface area contributed by atoms with Crippen LogP contribution in [0.4, 0.5) is 5.69 Å². The Morgan fingerprint density at radius 3 is 2.25 bits per heavy atom. The molecule has 2 aromatic rings. The minimum absolute atomic E-state index is 0.158. The number of hydrogen-bond donors (Lipinski definition) is 1. The van der Waals surface area contributed by atoms with Crippen molar-refractivity contribution < 1.29 is 4.79 Å². The number of benzene rings is 2. The fourth-order valence-corrected chi connectivity index (χ4v) is 3.02. The van der Waals surface area contributed by atoms with Gasteiger partial charge < -0.3 is 10.2 Å². The average molecular weight is 406 g/mol. The van der Waals surface area contributed by atoms with Gasteiger partial charge in [0.05, 0.1) is 25.8 Å². The number of nitrogens with one attached hydrogen (secondary N) is 1. The number of nitrogens with zero attached hydrogens (tertiary/aromatic N) is 1. The van der Waals surface area contributed by atoms with E-state index < -0.39 is 0 Å². The molecule has 0 aromatic heterocycles. The van der Waals surface area contributed by atoms with Gasteiger partial charge in [-0.3, -0.25) is 4.79 Å². The van der Waals surface area contributed by atoms with Crippen molar-refractivity contribution in [2.75, 3.05) is 18.9 Å². The largest absolute Gasteiger partial charge is 0.324 e. The Hall–Kier alpha value is -0.970. The molecular weight excluding hydrogens is 390 g/mol. The smallest absolute Gasteiger partial charge is 0.225 e. The molecule has 0 bridgehead atoms.